The highest BCUT2D eigenvalue weighted by atomic mass is 28.1. The van der Waals surface area contributed by atoms with Crippen LogP contribution >= 0.6 is 0 Å². The minimum Gasteiger partial charge on any atom is -0.412 e. The van der Waals surface area contributed by atoms with E-state index in [1.54, 1.807) is 0 Å². The lowest BCUT2D eigenvalue weighted by Gasteiger charge is -0.412. The first-order valence-electron chi connectivity index (χ1n) is 0. The number of hydrogen-bond donors (Lipinski definition) is 0. The maximum atomic E-state index is 0. The van der Waals surface area contributed by atoms with E-state index in [2.05, 4.69) is 0 Å². The van der Waals surface area contributed by atoms with Crippen molar-refractivity contribution < 1.29 is 5.48 Å². The van der Waals surface area contributed by atoms with Crippen LogP contribution in [-0.4, -0.2) is 33.8 Å². The predicted molar refractivity (Wildman–Crippen MR) is 21.9 cm³/mol. The first-order valence-corrected chi connectivity index (χ1v) is 0. The van der Waals surface area contributed by atoms with Crippen molar-refractivity contribution in [2.75, 3.05) is 0 Å². The largest absolute Gasteiger partial charge is 0.412 e. The predicted octanol–water partition coefficient (Wildman–Crippen LogP) is -0.950. The fraction of sp³-hybridized carbons (Fsp3) is 1.00. The fourth-order valence-corrected chi connectivity index (χ4v) is 0. The Balaban J connectivity index is 0. The summed E-state index contributed by atoms with van der Waals surface area (Å²) >= 11 is 0. The van der Waals surface area contributed by atoms with E-state index in [9.17, 15) is 0 Å². The lowest BCUT2D eigenvalue weighted by Crippen LogP contribution is -0.382. The average molecular weight is 89.1 g/mol. The molecule has 0 heterocycles. The van der Waals surface area contributed by atoms with Gasteiger partial charge in [-0.25, -0.2) is 0 Å². The summed E-state index contributed by atoms with van der Waals surface area (Å²) in [5.41, 5.74) is 0. The molecular weight excluding hydrogens is 83.1 g/mol. The van der Waals surface area contributed by atoms with Crippen LogP contribution in [0.4, 0.5) is 0 Å². The summed E-state index contributed by atoms with van der Waals surface area (Å²) in [6.07, 6.45) is 0. The molecule has 0 aliphatic heterocycles. The smallest absolute Gasteiger partial charge is 0 e. The molecule has 3 heteroatoms. The van der Waals surface area contributed by atoms with Gasteiger partial charge in [-0.3, -0.25) is 0 Å². The molecule has 0 fully saturated rings. The van der Waals surface area contributed by atoms with Crippen LogP contribution in [0.3, 0.4) is 0 Å². The normalized spacial score (nSPS) is 0. The third-order valence-corrected chi connectivity index (χ3v) is 0. The molecule has 0 amide bonds. The highest BCUT2D eigenvalue weighted by Crippen LogP contribution is 0.144. The second-order valence-electron chi connectivity index (χ2n) is 0. The summed E-state index contributed by atoms with van der Waals surface area (Å²) in [5, 5.41) is 0. The Morgan fingerprint density at radius 2 is 1.00 bits per heavy atom. The molecule has 0 aromatic carbocycles. The number of hydrogen-bond acceptors (Lipinski definition) is 0. The van der Waals surface area contributed by atoms with Crippen molar-refractivity contribution >= 4 is 28.3 Å². The molecule has 0 unspecified atom stereocenters. The summed E-state index contributed by atoms with van der Waals surface area (Å²) in [4.78, 5) is 0. The Labute approximate surface area is 41.9 Å². The Bertz CT molecular complexity index is 8.00. The molecule has 0 saturated carbocycles. The van der Waals surface area contributed by atoms with E-state index in [0.29, 0.717) is 0 Å². The van der Waals surface area contributed by atoms with E-state index < -0.39 is 0 Å². The van der Waals surface area contributed by atoms with Crippen LogP contribution in [0.2, 0.25) is 0 Å². The van der Waals surface area contributed by atoms with Gasteiger partial charge in [-0.1, -0.05) is 7.43 Å². The molecule has 0 aliphatic rings. The van der Waals surface area contributed by atoms with Crippen molar-refractivity contribution in [2.24, 2.45) is 0 Å². The van der Waals surface area contributed by atoms with Gasteiger partial charge in [0.15, 0.2) is 0 Å². The molecule has 0 aromatic heterocycles. The summed E-state index contributed by atoms with van der Waals surface area (Å²) in [7, 11) is 0. The van der Waals surface area contributed by atoms with Crippen molar-refractivity contribution in [3.05, 3.63) is 0 Å². The number of rotatable bonds is 0. The van der Waals surface area contributed by atoms with E-state index in [4.69, 9.17) is 0 Å². The van der Waals surface area contributed by atoms with E-state index in [1.165, 1.54) is 0 Å². The molecule has 1 nitrogen and oxygen atoms in total. The lowest BCUT2D eigenvalue weighted by molar-refractivity contribution is 0.824. The van der Waals surface area contributed by atoms with E-state index in [-0.39, 0.29) is 41.2 Å². The van der Waals surface area contributed by atoms with Crippen LogP contribution < -0.4 is 0 Å². The molecule has 0 aromatic rings. The summed E-state index contributed by atoms with van der Waals surface area (Å²) < 4.78 is 0. The monoisotopic (exact) mass is 89.0 g/mol. The van der Waals surface area contributed by atoms with Gasteiger partial charge in [0.2, 0.25) is 0 Å². The minimum atomic E-state index is 0. The first-order chi connectivity index (χ1) is 0. The van der Waals surface area contributed by atoms with Crippen LogP contribution in [0.1, 0.15) is 7.43 Å². The SMILES string of the molecule is C.O.[Al].[Si]. The molecule has 0 atom stereocenters. The standard InChI is InChI=1S/CH4.Al.H2O.Si/h1H4;;1H2;. The first kappa shape index (κ1) is 129. The van der Waals surface area contributed by atoms with Gasteiger partial charge < -0.3 is 5.48 Å². The molecule has 0 aliphatic carbocycles. The van der Waals surface area contributed by atoms with Gasteiger partial charge in [-0.15, -0.1) is 0 Å². The Kier molecular flexibility index (Phi) is 1740. The van der Waals surface area contributed by atoms with Crippen molar-refractivity contribution in [2.45, 2.75) is 7.43 Å². The zero-order chi connectivity index (χ0) is 0. The summed E-state index contributed by atoms with van der Waals surface area (Å²) in [6, 6.07) is 0. The van der Waals surface area contributed by atoms with Gasteiger partial charge in [0, 0.05) is 28.3 Å². The van der Waals surface area contributed by atoms with E-state index in [0.717, 1.165) is 0 Å². The molecule has 7 radical (unpaired) electrons. The van der Waals surface area contributed by atoms with Gasteiger partial charge in [0.25, 0.3) is 0 Å². The van der Waals surface area contributed by atoms with Crippen LogP contribution in [0.5, 0.6) is 0 Å². The quantitative estimate of drug-likeness (QED) is 0.343. The molecule has 4 heavy (non-hydrogen) atoms. The van der Waals surface area contributed by atoms with Crippen LogP contribution in [0.25, 0.3) is 0 Å². The Morgan fingerprint density at radius 3 is 1.00 bits per heavy atom. The summed E-state index contributed by atoms with van der Waals surface area (Å²) in [6.45, 7) is 0. The van der Waals surface area contributed by atoms with Gasteiger partial charge >= 0.3 is 0 Å². The topological polar surface area (TPSA) is 31.5 Å². The van der Waals surface area contributed by atoms with Crippen molar-refractivity contribution in [3.63, 3.8) is 0 Å². The van der Waals surface area contributed by atoms with Crippen LogP contribution in [-0.2, 0) is 0 Å². The van der Waals surface area contributed by atoms with Crippen molar-refractivity contribution in [1.29, 1.82) is 0 Å². The van der Waals surface area contributed by atoms with Gasteiger partial charge in [0.1, 0.15) is 0 Å². The third kappa shape index (κ3) is 15.7. The second kappa shape index (κ2) is 54.1. The Hall–Kier alpha value is 0.709. The van der Waals surface area contributed by atoms with Gasteiger partial charge in [-0.2, -0.15) is 0 Å². The van der Waals surface area contributed by atoms with Gasteiger partial charge in [0.05, 0.1) is 0 Å². The molecule has 0 spiro atoms. The molecule has 23 valence electrons. The van der Waals surface area contributed by atoms with Crippen molar-refractivity contribution in [1.82, 2.24) is 0 Å². The average Bonchev–Trinajstić information content (AvgIpc) is 0. The zero-order valence-corrected chi connectivity index (χ0v) is 3.73. The van der Waals surface area contributed by atoms with E-state index >= 15 is 0 Å². The molecule has 0 rings (SSSR count). The lowest BCUT2D eigenvalue weighted by atomic mass is 12.0. The maximum absolute atomic E-state index is 0. The van der Waals surface area contributed by atoms with E-state index in [1.807, 2.05) is 0 Å². The maximum Gasteiger partial charge on any atom is 0 e. The fourth-order valence-electron chi connectivity index (χ4n) is 0. The molecule has 2 N–H and O–H groups in total. The third-order valence-electron chi connectivity index (χ3n) is 0. The molecular formula is CH6AlOSi. The van der Waals surface area contributed by atoms with Crippen molar-refractivity contribution in [3.8, 4) is 0 Å². The van der Waals surface area contributed by atoms with Crippen LogP contribution in [0.15, 0.2) is 0 Å². The van der Waals surface area contributed by atoms with Gasteiger partial charge in [-0.05, 0) is 0 Å². The summed E-state index contributed by atoms with van der Waals surface area (Å²) in [5.74, 6) is 0. The zero-order valence-electron chi connectivity index (χ0n) is 1.58. The highest BCUT2D eigenvalue weighted by molar-refractivity contribution is 5.76. The Morgan fingerprint density at radius 1 is 1.00 bits per heavy atom. The van der Waals surface area contributed by atoms with Crippen LogP contribution in [0, 0.1) is 0 Å². The molecule has 0 bridgehead atoms. The minimum absolute atomic E-state index is 0. The molecule has 0 saturated heterocycles. The second-order valence-corrected chi connectivity index (χ2v) is 0. The highest BCUT2D eigenvalue weighted by Gasteiger charge is 0.00103.